The van der Waals surface area contributed by atoms with E-state index in [2.05, 4.69) is 9.36 Å². The van der Waals surface area contributed by atoms with Crippen LogP contribution >= 0.6 is 11.5 Å². The molecule has 0 saturated carbocycles. The lowest BCUT2D eigenvalue weighted by Gasteiger charge is -2.17. The first-order chi connectivity index (χ1) is 7.67. The van der Waals surface area contributed by atoms with Gasteiger partial charge in [-0.05, 0) is 0 Å². The average Bonchev–Trinajstić information content (AvgIpc) is 2.67. The summed E-state index contributed by atoms with van der Waals surface area (Å²) < 4.78 is 4.23. The van der Waals surface area contributed by atoms with Gasteiger partial charge in [-0.2, -0.15) is 4.37 Å². The van der Waals surface area contributed by atoms with Crippen LogP contribution in [0.15, 0.2) is 0 Å². The van der Waals surface area contributed by atoms with Gasteiger partial charge >= 0.3 is 0 Å². The van der Waals surface area contributed by atoms with Gasteiger partial charge in [-0.15, -0.1) is 0 Å². The smallest absolute Gasteiger partial charge is 0.204 e. The Hall–Kier alpha value is -0.760. The largest absolute Gasteiger partial charge is 0.395 e. The lowest BCUT2D eigenvalue weighted by atomic mass is 10.4. The van der Waals surface area contributed by atoms with Crippen molar-refractivity contribution in [2.24, 2.45) is 0 Å². The summed E-state index contributed by atoms with van der Waals surface area (Å²) in [6.45, 7) is 1.76. The Bertz CT molecular complexity index is 299. The lowest BCUT2D eigenvalue weighted by Crippen LogP contribution is -2.29. The summed E-state index contributed by atoms with van der Waals surface area (Å²) in [7, 11) is 3.84. The first-order valence-corrected chi connectivity index (χ1v) is 5.88. The van der Waals surface area contributed by atoms with Crippen molar-refractivity contribution in [3.05, 3.63) is 5.82 Å². The molecule has 1 aromatic rings. The first-order valence-electron chi connectivity index (χ1n) is 5.11. The first kappa shape index (κ1) is 13.3. The van der Waals surface area contributed by atoms with E-state index in [9.17, 15) is 0 Å². The maximum Gasteiger partial charge on any atom is 0.204 e. The number of anilines is 1. The second-order valence-electron chi connectivity index (χ2n) is 3.61. The second kappa shape index (κ2) is 6.74. The summed E-state index contributed by atoms with van der Waals surface area (Å²) in [6, 6.07) is 0. The molecule has 0 unspecified atom stereocenters. The van der Waals surface area contributed by atoms with E-state index >= 15 is 0 Å². The van der Waals surface area contributed by atoms with Crippen molar-refractivity contribution in [1.29, 1.82) is 0 Å². The quantitative estimate of drug-likeness (QED) is 0.669. The van der Waals surface area contributed by atoms with Gasteiger partial charge in [0, 0.05) is 38.7 Å². The second-order valence-corrected chi connectivity index (χ2v) is 4.34. The molecule has 0 fully saturated rings. The molecular weight excluding hydrogens is 228 g/mol. The van der Waals surface area contributed by atoms with Gasteiger partial charge in [0.25, 0.3) is 0 Å². The van der Waals surface area contributed by atoms with E-state index in [1.807, 2.05) is 23.9 Å². The predicted molar refractivity (Wildman–Crippen MR) is 63.7 cm³/mol. The minimum Gasteiger partial charge on any atom is -0.395 e. The summed E-state index contributed by atoms with van der Waals surface area (Å²) in [6.07, 6.45) is 0. The highest BCUT2D eigenvalue weighted by molar-refractivity contribution is 7.09. The Labute approximate surface area is 99.3 Å². The molecule has 0 spiro atoms. The standard InChI is InChI=1S/C9H18N4O2S/c1-12(2)9-10-8(11-16-9)7-13(3-5-14)4-6-15/h14-15H,3-7H2,1-2H3. The van der Waals surface area contributed by atoms with Gasteiger partial charge in [-0.3, -0.25) is 4.90 Å². The van der Waals surface area contributed by atoms with Gasteiger partial charge in [-0.25, -0.2) is 4.98 Å². The zero-order valence-electron chi connectivity index (χ0n) is 9.63. The van der Waals surface area contributed by atoms with E-state index in [1.165, 1.54) is 11.5 Å². The van der Waals surface area contributed by atoms with Crippen LogP contribution in [0.25, 0.3) is 0 Å². The van der Waals surface area contributed by atoms with Crippen molar-refractivity contribution in [3.8, 4) is 0 Å². The van der Waals surface area contributed by atoms with Crippen LogP contribution in [0.5, 0.6) is 0 Å². The van der Waals surface area contributed by atoms with Gasteiger partial charge in [0.2, 0.25) is 5.13 Å². The third-order valence-electron chi connectivity index (χ3n) is 2.04. The van der Waals surface area contributed by atoms with Crippen molar-refractivity contribution >= 4 is 16.7 Å². The fourth-order valence-corrected chi connectivity index (χ4v) is 1.84. The molecule has 0 radical (unpaired) electrons. The molecule has 0 saturated heterocycles. The molecule has 0 bridgehead atoms. The number of rotatable bonds is 7. The molecule has 0 aromatic carbocycles. The van der Waals surface area contributed by atoms with E-state index in [4.69, 9.17) is 10.2 Å². The molecule has 0 aliphatic carbocycles. The Morgan fingerprint density at radius 3 is 2.25 bits per heavy atom. The van der Waals surface area contributed by atoms with Crippen LogP contribution in [-0.2, 0) is 6.54 Å². The molecule has 1 rings (SSSR count). The predicted octanol–water partition coefficient (Wildman–Crippen LogP) is -0.609. The zero-order valence-corrected chi connectivity index (χ0v) is 10.4. The molecule has 6 nitrogen and oxygen atoms in total. The van der Waals surface area contributed by atoms with Crippen molar-refractivity contribution in [3.63, 3.8) is 0 Å². The number of aliphatic hydroxyl groups excluding tert-OH is 2. The normalized spacial score (nSPS) is 11.1. The third kappa shape index (κ3) is 4.01. The number of hydrogen-bond donors (Lipinski definition) is 2. The molecule has 92 valence electrons. The van der Waals surface area contributed by atoms with Crippen LogP contribution in [0.2, 0.25) is 0 Å². The molecule has 0 aliphatic rings. The maximum atomic E-state index is 8.87. The number of aliphatic hydroxyl groups is 2. The molecule has 16 heavy (non-hydrogen) atoms. The summed E-state index contributed by atoms with van der Waals surface area (Å²) in [4.78, 5) is 8.17. The maximum absolute atomic E-state index is 8.87. The van der Waals surface area contributed by atoms with Crippen LogP contribution in [0.3, 0.4) is 0 Å². The van der Waals surface area contributed by atoms with Gasteiger partial charge in [0.1, 0.15) is 0 Å². The van der Waals surface area contributed by atoms with Crippen LogP contribution in [0.1, 0.15) is 5.82 Å². The Kier molecular flexibility index (Phi) is 5.61. The average molecular weight is 246 g/mol. The van der Waals surface area contributed by atoms with Crippen molar-refractivity contribution in [2.75, 3.05) is 45.3 Å². The number of hydrogen-bond acceptors (Lipinski definition) is 7. The lowest BCUT2D eigenvalue weighted by molar-refractivity contribution is 0.154. The molecule has 2 N–H and O–H groups in total. The van der Waals surface area contributed by atoms with Gasteiger partial charge in [-0.1, -0.05) is 0 Å². The van der Waals surface area contributed by atoms with Crippen molar-refractivity contribution < 1.29 is 10.2 Å². The highest BCUT2D eigenvalue weighted by Gasteiger charge is 2.10. The van der Waals surface area contributed by atoms with Gasteiger partial charge in [0.15, 0.2) is 5.82 Å². The topological polar surface area (TPSA) is 72.7 Å². The van der Waals surface area contributed by atoms with Crippen LogP contribution in [0.4, 0.5) is 5.13 Å². The zero-order chi connectivity index (χ0) is 12.0. The number of nitrogens with zero attached hydrogens (tertiary/aromatic N) is 4. The van der Waals surface area contributed by atoms with Gasteiger partial charge in [0.05, 0.1) is 19.8 Å². The highest BCUT2D eigenvalue weighted by atomic mass is 32.1. The molecule has 0 aliphatic heterocycles. The SMILES string of the molecule is CN(C)c1nc(CN(CCO)CCO)ns1. The minimum absolute atomic E-state index is 0.0741. The van der Waals surface area contributed by atoms with Crippen molar-refractivity contribution in [2.45, 2.75) is 6.54 Å². The summed E-state index contributed by atoms with van der Waals surface area (Å²) in [5.74, 6) is 0.732. The Morgan fingerprint density at radius 1 is 1.19 bits per heavy atom. The fraction of sp³-hybridized carbons (Fsp3) is 0.778. The minimum atomic E-state index is 0.0741. The summed E-state index contributed by atoms with van der Waals surface area (Å²) >= 11 is 1.35. The molecule has 7 heteroatoms. The third-order valence-corrected chi connectivity index (χ3v) is 2.96. The van der Waals surface area contributed by atoms with E-state index in [0.717, 1.165) is 11.0 Å². The molecular formula is C9H18N4O2S. The molecule has 0 amide bonds. The fourth-order valence-electron chi connectivity index (χ4n) is 1.24. The van der Waals surface area contributed by atoms with E-state index in [0.29, 0.717) is 19.6 Å². The monoisotopic (exact) mass is 246 g/mol. The Morgan fingerprint density at radius 2 is 1.81 bits per heavy atom. The van der Waals surface area contributed by atoms with Crippen molar-refractivity contribution in [1.82, 2.24) is 14.3 Å². The molecule has 1 aromatic heterocycles. The van der Waals surface area contributed by atoms with E-state index in [-0.39, 0.29) is 13.2 Å². The summed E-state index contributed by atoms with van der Waals surface area (Å²) in [5, 5.41) is 18.6. The summed E-state index contributed by atoms with van der Waals surface area (Å²) in [5.41, 5.74) is 0. The number of aromatic nitrogens is 2. The van der Waals surface area contributed by atoms with Crippen LogP contribution in [0, 0.1) is 0 Å². The van der Waals surface area contributed by atoms with Crippen LogP contribution in [-0.4, -0.2) is 64.9 Å². The molecule has 1 heterocycles. The van der Waals surface area contributed by atoms with E-state index in [1.54, 1.807) is 0 Å². The van der Waals surface area contributed by atoms with Crippen LogP contribution < -0.4 is 4.90 Å². The highest BCUT2D eigenvalue weighted by Crippen LogP contribution is 2.14. The van der Waals surface area contributed by atoms with Gasteiger partial charge < -0.3 is 15.1 Å². The molecule has 0 atom stereocenters. The Balaban J connectivity index is 2.55. The van der Waals surface area contributed by atoms with E-state index < -0.39 is 0 Å².